The summed E-state index contributed by atoms with van der Waals surface area (Å²) >= 11 is 0. The van der Waals surface area contributed by atoms with E-state index in [4.69, 9.17) is 0 Å². The molecule has 3 rings (SSSR count). The third kappa shape index (κ3) is 4.58. The van der Waals surface area contributed by atoms with E-state index in [1.54, 1.807) is 0 Å². The van der Waals surface area contributed by atoms with Gasteiger partial charge in [-0.05, 0) is 70.3 Å². The molecule has 24 heavy (non-hydrogen) atoms. The largest absolute Gasteiger partial charge is 0.396 e. The summed E-state index contributed by atoms with van der Waals surface area (Å²) in [6.45, 7) is 11.4. The second kappa shape index (κ2) is 7.98. The molecule has 0 unspecified atom stereocenters. The van der Waals surface area contributed by atoms with Crippen molar-refractivity contribution in [3.63, 3.8) is 0 Å². The topological polar surface area (TPSA) is 55.4 Å². The summed E-state index contributed by atoms with van der Waals surface area (Å²) in [6, 6.07) is 2.22. The monoisotopic (exact) mass is 334 g/mol. The van der Waals surface area contributed by atoms with Crippen LogP contribution in [-0.4, -0.2) is 64.4 Å². The number of aromatic amines is 1. The quantitative estimate of drug-likeness (QED) is 0.803. The first-order chi connectivity index (χ1) is 11.6. The molecule has 0 atom stereocenters. The molecule has 0 amide bonds. The SMILES string of the molecule is CC(C)Cc1cc(CN2CCC(CO)(CN3CCCC3)CC2)[nH]n1. The number of H-pyrrole nitrogens is 1. The van der Waals surface area contributed by atoms with Crippen LogP contribution in [0, 0.1) is 11.3 Å². The fraction of sp³-hybridized carbons (Fsp3) is 0.842. The lowest BCUT2D eigenvalue weighted by Gasteiger charge is -2.42. The van der Waals surface area contributed by atoms with Gasteiger partial charge in [0.2, 0.25) is 0 Å². The third-order valence-corrected chi connectivity index (χ3v) is 5.71. The highest BCUT2D eigenvalue weighted by Gasteiger charge is 2.36. The van der Waals surface area contributed by atoms with Crippen molar-refractivity contribution in [2.24, 2.45) is 11.3 Å². The van der Waals surface area contributed by atoms with E-state index in [1.165, 1.54) is 37.3 Å². The molecule has 2 aliphatic rings. The van der Waals surface area contributed by atoms with Crippen LogP contribution in [0.3, 0.4) is 0 Å². The maximum Gasteiger partial charge on any atom is 0.0628 e. The number of aliphatic hydroxyl groups is 1. The van der Waals surface area contributed by atoms with Gasteiger partial charge < -0.3 is 10.0 Å². The Morgan fingerprint density at radius 1 is 1.17 bits per heavy atom. The summed E-state index contributed by atoms with van der Waals surface area (Å²) in [5.41, 5.74) is 2.52. The van der Waals surface area contributed by atoms with E-state index >= 15 is 0 Å². The summed E-state index contributed by atoms with van der Waals surface area (Å²) in [5, 5.41) is 17.6. The maximum atomic E-state index is 10.0. The van der Waals surface area contributed by atoms with Gasteiger partial charge in [-0.3, -0.25) is 10.00 Å². The number of nitrogens with one attached hydrogen (secondary N) is 1. The van der Waals surface area contributed by atoms with Crippen LogP contribution in [0.4, 0.5) is 0 Å². The molecule has 136 valence electrons. The Kier molecular flexibility index (Phi) is 5.95. The molecule has 0 aromatic carbocycles. The minimum atomic E-state index is 0.123. The molecule has 0 spiro atoms. The Hall–Kier alpha value is -0.910. The molecule has 0 aliphatic carbocycles. The van der Waals surface area contributed by atoms with Crippen LogP contribution >= 0.6 is 0 Å². The predicted octanol–water partition coefficient (Wildman–Crippen LogP) is 2.28. The van der Waals surface area contributed by atoms with Crippen molar-refractivity contribution in [3.05, 3.63) is 17.5 Å². The van der Waals surface area contributed by atoms with Crippen molar-refractivity contribution in [1.82, 2.24) is 20.0 Å². The molecule has 1 aromatic heterocycles. The fourth-order valence-electron chi connectivity index (χ4n) is 4.22. The number of aliphatic hydroxyl groups excluding tert-OH is 1. The Bertz CT molecular complexity index is 499. The molecule has 2 N–H and O–H groups in total. The zero-order valence-electron chi connectivity index (χ0n) is 15.4. The second-order valence-electron chi connectivity index (χ2n) is 8.40. The van der Waals surface area contributed by atoms with Crippen LogP contribution in [0.1, 0.15) is 50.9 Å². The zero-order valence-corrected chi connectivity index (χ0v) is 15.4. The Morgan fingerprint density at radius 2 is 1.88 bits per heavy atom. The van der Waals surface area contributed by atoms with E-state index < -0.39 is 0 Å². The normalized spacial score (nSPS) is 22.5. The van der Waals surface area contributed by atoms with Gasteiger partial charge in [0.05, 0.1) is 12.3 Å². The molecular formula is C19H34N4O. The van der Waals surface area contributed by atoms with Gasteiger partial charge in [-0.15, -0.1) is 0 Å². The minimum Gasteiger partial charge on any atom is -0.396 e. The van der Waals surface area contributed by atoms with Crippen molar-refractivity contribution in [1.29, 1.82) is 0 Å². The van der Waals surface area contributed by atoms with Gasteiger partial charge in [0.15, 0.2) is 0 Å². The first-order valence-corrected chi connectivity index (χ1v) is 9.67. The van der Waals surface area contributed by atoms with Crippen LogP contribution in [0.15, 0.2) is 6.07 Å². The standard InChI is InChI=1S/C19H34N4O/c1-16(2)11-17-12-18(21-20-17)13-22-9-5-19(15-24,6-10-22)14-23-7-3-4-8-23/h12,16,24H,3-11,13-15H2,1-2H3,(H,20,21). The van der Waals surface area contributed by atoms with Gasteiger partial charge >= 0.3 is 0 Å². The summed E-state index contributed by atoms with van der Waals surface area (Å²) in [6.07, 6.45) is 5.90. The smallest absolute Gasteiger partial charge is 0.0628 e. The van der Waals surface area contributed by atoms with Crippen LogP contribution in [0.5, 0.6) is 0 Å². The highest BCUT2D eigenvalue weighted by atomic mass is 16.3. The first-order valence-electron chi connectivity index (χ1n) is 9.67. The Morgan fingerprint density at radius 3 is 2.50 bits per heavy atom. The molecule has 1 aromatic rings. The molecular weight excluding hydrogens is 300 g/mol. The van der Waals surface area contributed by atoms with E-state index in [2.05, 4.69) is 39.9 Å². The van der Waals surface area contributed by atoms with Crippen LogP contribution in [0.25, 0.3) is 0 Å². The van der Waals surface area contributed by atoms with Crippen molar-refractivity contribution in [2.45, 2.75) is 52.5 Å². The lowest BCUT2D eigenvalue weighted by atomic mass is 9.78. The zero-order chi connectivity index (χ0) is 17.0. The number of nitrogens with zero attached hydrogens (tertiary/aromatic N) is 3. The van der Waals surface area contributed by atoms with Crippen molar-refractivity contribution in [3.8, 4) is 0 Å². The Balaban J connectivity index is 1.49. The lowest BCUT2D eigenvalue weighted by molar-refractivity contribution is 0.0162. The molecule has 0 radical (unpaired) electrons. The lowest BCUT2D eigenvalue weighted by Crippen LogP contribution is -2.47. The first kappa shape index (κ1) is 17.9. The summed E-state index contributed by atoms with van der Waals surface area (Å²) < 4.78 is 0. The van der Waals surface area contributed by atoms with Crippen LogP contribution in [-0.2, 0) is 13.0 Å². The van der Waals surface area contributed by atoms with E-state index in [0.717, 1.165) is 45.4 Å². The molecule has 2 fully saturated rings. The highest BCUT2D eigenvalue weighted by molar-refractivity contribution is 5.09. The molecule has 2 saturated heterocycles. The van der Waals surface area contributed by atoms with Crippen LogP contribution < -0.4 is 0 Å². The maximum absolute atomic E-state index is 10.0. The summed E-state index contributed by atoms with van der Waals surface area (Å²) in [7, 11) is 0. The van der Waals surface area contributed by atoms with Gasteiger partial charge in [0.1, 0.15) is 0 Å². The molecule has 2 aliphatic heterocycles. The van der Waals surface area contributed by atoms with Crippen molar-refractivity contribution >= 4 is 0 Å². The number of likely N-dealkylation sites (tertiary alicyclic amines) is 2. The van der Waals surface area contributed by atoms with Gasteiger partial charge in [-0.1, -0.05) is 13.8 Å². The van der Waals surface area contributed by atoms with E-state index in [9.17, 15) is 5.11 Å². The molecule has 5 heteroatoms. The average Bonchev–Trinajstić information content (AvgIpc) is 3.21. The van der Waals surface area contributed by atoms with Gasteiger partial charge in [0.25, 0.3) is 0 Å². The highest BCUT2D eigenvalue weighted by Crippen LogP contribution is 2.33. The van der Waals surface area contributed by atoms with E-state index in [1.807, 2.05) is 0 Å². The molecule has 0 bridgehead atoms. The molecule has 3 heterocycles. The van der Waals surface area contributed by atoms with Gasteiger partial charge in [-0.25, -0.2) is 0 Å². The van der Waals surface area contributed by atoms with Crippen molar-refractivity contribution < 1.29 is 5.11 Å². The average molecular weight is 335 g/mol. The number of rotatable bonds is 7. The summed E-state index contributed by atoms with van der Waals surface area (Å²) in [5.74, 6) is 0.645. The van der Waals surface area contributed by atoms with Gasteiger partial charge in [-0.2, -0.15) is 5.10 Å². The third-order valence-electron chi connectivity index (χ3n) is 5.71. The molecule has 0 saturated carbocycles. The van der Waals surface area contributed by atoms with Crippen molar-refractivity contribution in [2.75, 3.05) is 39.3 Å². The predicted molar refractivity (Wildman–Crippen MR) is 96.8 cm³/mol. The molecule has 5 nitrogen and oxygen atoms in total. The number of hydrogen-bond donors (Lipinski definition) is 2. The number of aromatic nitrogens is 2. The van der Waals surface area contributed by atoms with Gasteiger partial charge in [0, 0.05) is 24.2 Å². The van der Waals surface area contributed by atoms with Crippen LogP contribution in [0.2, 0.25) is 0 Å². The fourth-order valence-corrected chi connectivity index (χ4v) is 4.22. The number of hydrogen-bond acceptors (Lipinski definition) is 4. The van der Waals surface area contributed by atoms with E-state index in [0.29, 0.717) is 12.5 Å². The number of piperidine rings is 1. The Labute approximate surface area is 146 Å². The minimum absolute atomic E-state index is 0.123. The summed E-state index contributed by atoms with van der Waals surface area (Å²) in [4.78, 5) is 5.06. The van der Waals surface area contributed by atoms with E-state index in [-0.39, 0.29) is 5.41 Å². The second-order valence-corrected chi connectivity index (χ2v) is 8.40.